The number of pyridine rings is 2. The molecule has 2 heterocycles. The lowest BCUT2D eigenvalue weighted by Gasteiger charge is -2.16. The van der Waals surface area contributed by atoms with Crippen molar-refractivity contribution in [2.75, 3.05) is 0 Å². The van der Waals surface area contributed by atoms with Crippen LogP contribution in [-0.4, -0.2) is 9.13 Å². The molecule has 0 saturated heterocycles. The van der Waals surface area contributed by atoms with E-state index >= 15 is 0 Å². The molecule has 0 aliphatic heterocycles. The van der Waals surface area contributed by atoms with E-state index in [4.69, 9.17) is 0 Å². The fraction of sp³-hybridized carbons (Fsp3) is 0.0323. The van der Waals surface area contributed by atoms with Crippen molar-refractivity contribution in [3.05, 3.63) is 130 Å². The zero-order chi connectivity index (χ0) is 24.1. The van der Waals surface area contributed by atoms with E-state index in [2.05, 4.69) is 25.3 Å². The van der Waals surface area contributed by atoms with Crippen molar-refractivity contribution in [3.8, 4) is 0 Å². The Morgan fingerprint density at radius 2 is 1.20 bits per heavy atom. The highest BCUT2D eigenvalue weighted by molar-refractivity contribution is 6.05. The number of rotatable bonds is 4. The summed E-state index contributed by atoms with van der Waals surface area (Å²) in [5.41, 5.74) is 4.80. The van der Waals surface area contributed by atoms with Gasteiger partial charge in [-0.05, 0) is 47.9 Å². The summed E-state index contributed by atoms with van der Waals surface area (Å²) in [5.74, 6) is 0. The van der Waals surface area contributed by atoms with E-state index in [9.17, 15) is 9.59 Å². The number of para-hydroxylation sites is 1. The van der Waals surface area contributed by atoms with E-state index in [1.54, 1.807) is 12.4 Å². The molecular formula is C31H22N2O2. The molecule has 0 bridgehead atoms. The molecule has 0 amide bonds. The molecule has 6 rings (SSSR count). The molecule has 35 heavy (non-hydrogen) atoms. The Kier molecular flexibility index (Phi) is 4.75. The third-order valence-electron chi connectivity index (χ3n) is 6.75. The lowest BCUT2D eigenvalue weighted by molar-refractivity contribution is 1.19. The summed E-state index contributed by atoms with van der Waals surface area (Å²) in [5, 5.41) is 2.34. The van der Waals surface area contributed by atoms with Gasteiger partial charge in [-0.15, -0.1) is 0 Å². The Hall–Kier alpha value is -4.70. The fourth-order valence-corrected chi connectivity index (χ4v) is 5.16. The van der Waals surface area contributed by atoms with Gasteiger partial charge in [-0.2, -0.15) is 0 Å². The molecule has 0 saturated carbocycles. The SMILES string of the molecule is C=Cn1c2ccccc2c(=O)c2cc3c(cc21)c(=O)c1c(Cc2ccccc2)cccc1n3C=C. The second kappa shape index (κ2) is 7.96. The smallest absolute Gasteiger partial charge is 0.197 e. The molecule has 0 aliphatic rings. The van der Waals surface area contributed by atoms with E-state index < -0.39 is 0 Å². The second-order valence-corrected chi connectivity index (χ2v) is 8.64. The van der Waals surface area contributed by atoms with Crippen LogP contribution in [0, 0.1) is 0 Å². The second-order valence-electron chi connectivity index (χ2n) is 8.64. The maximum atomic E-state index is 14.0. The van der Waals surface area contributed by atoms with Gasteiger partial charge in [0.1, 0.15) is 0 Å². The fourth-order valence-electron chi connectivity index (χ4n) is 5.16. The van der Waals surface area contributed by atoms with Crippen molar-refractivity contribution >= 4 is 56.0 Å². The normalized spacial score (nSPS) is 11.4. The Labute approximate surface area is 201 Å². The van der Waals surface area contributed by atoms with Gasteiger partial charge in [0.05, 0.1) is 27.5 Å². The third-order valence-corrected chi connectivity index (χ3v) is 6.75. The first-order valence-corrected chi connectivity index (χ1v) is 11.5. The lowest BCUT2D eigenvalue weighted by Crippen LogP contribution is -2.14. The van der Waals surface area contributed by atoms with Crippen molar-refractivity contribution in [1.29, 1.82) is 0 Å². The predicted molar refractivity (Wildman–Crippen MR) is 147 cm³/mol. The first-order chi connectivity index (χ1) is 17.1. The summed E-state index contributed by atoms with van der Waals surface area (Å²) in [7, 11) is 0. The average molecular weight is 455 g/mol. The van der Waals surface area contributed by atoms with Crippen LogP contribution in [0.5, 0.6) is 0 Å². The van der Waals surface area contributed by atoms with Crippen LogP contribution in [-0.2, 0) is 6.42 Å². The minimum absolute atomic E-state index is 0.0576. The average Bonchev–Trinajstić information content (AvgIpc) is 2.89. The van der Waals surface area contributed by atoms with Crippen molar-refractivity contribution in [1.82, 2.24) is 9.13 Å². The highest BCUT2D eigenvalue weighted by Crippen LogP contribution is 2.28. The van der Waals surface area contributed by atoms with Crippen LogP contribution in [0.4, 0.5) is 0 Å². The first kappa shape index (κ1) is 20.9. The number of nitrogens with zero attached hydrogens (tertiary/aromatic N) is 2. The number of fused-ring (bicyclic) bond motifs is 4. The van der Waals surface area contributed by atoms with Gasteiger partial charge in [0.2, 0.25) is 0 Å². The molecule has 168 valence electrons. The quantitative estimate of drug-likeness (QED) is 0.289. The van der Waals surface area contributed by atoms with Crippen LogP contribution in [0.25, 0.3) is 56.0 Å². The zero-order valence-corrected chi connectivity index (χ0v) is 19.1. The molecule has 0 spiro atoms. The summed E-state index contributed by atoms with van der Waals surface area (Å²) >= 11 is 0. The van der Waals surface area contributed by atoms with Gasteiger partial charge in [0, 0.05) is 28.6 Å². The Balaban J connectivity index is 1.79. The monoisotopic (exact) mass is 454 g/mol. The third kappa shape index (κ3) is 3.07. The largest absolute Gasteiger partial charge is 0.316 e. The molecule has 0 fully saturated rings. The summed E-state index contributed by atoms with van der Waals surface area (Å²) in [6, 6.07) is 27.1. The molecule has 0 N–H and O–H groups in total. The minimum atomic E-state index is -0.0726. The van der Waals surface area contributed by atoms with Crippen LogP contribution in [0.1, 0.15) is 11.1 Å². The molecule has 0 aliphatic carbocycles. The topological polar surface area (TPSA) is 44.0 Å². The number of hydrogen-bond donors (Lipinski definition) is 0. The summed E-state index contributed by atoms with van der Waals surface area (Å²) in [6.45, 7) is 7.99. The van der Waals surface area contributed by atoms with Gasteiger partial charge in [0.15, 0.2) is 10.9 Å². The van der Waals surface area contributed by atoms with E-state index in [0.29, 0.717) is 39.0 Å². The predicted octanol–water partition coefficient (Wildman–Crippen LogP) is 6.41. The molecule has 4 nitrogen and oxygen atoms in total. The number of aromatic nitrogens is 2. The molecule has 4 aromatic carbocycles. The molecular weight excluding hydrogens is 432 g/mol. The van der Waals surface area contributed by atoms with Crippen molar-refractivity contribution in [2.45, 2.75) is 6.42 Å². The standard InChI is InChI=1S/C31H22N2O2/c1-3-32-25-15-9-8-14-22(25)30(34)23-18-28-24(19-27(23)32)31(35)29-21(17-20-11-6-5-7-12-20)13-10-16-26(29)33(28)4-2/h3-16,18-19H,1-2,17H2. The lowest BCUT2D eigenvalue weighted by atomic mass is 9.98. The van der Waals surface area contributed by atoms with Crippen molar-refractivity contribution < 1.29 is 0 Å². The number of benzene rings is 4. The van der Waals surface area contributed by atoms with Gasteiger partial charge in [-0.3, -0.25) is 9.59 Å². The Bertz CT molecular complexity index is 1940. The van der Waals surface area contributed by atoms with Crippen molar-refractivity contribution in [2.24, 2.45) is 0 Å². The zero-order valence-electron chi connectivity index (χ0n) is 19.1. The summed E-state index contributed by atoms with van der Waals surface area (Å²) < 4.78 is 3.79. The molecule has 0 radical (unpaired) electrons. The van der Waals surface area contributed by atoms with E-state index in [1.807, 2.05) is 81.9 Å². The van der Waals surface area contributed by atoms with E-state index in [-0.39, 0.29) is 10.9 Å². The summed E-state index contributed by atoms with van der Waals surface area (Å²) in [4.78, 5) is 27.4. The molecule has 2 aromatic heterocycles. The van der Waals surface area contributed by atoms with Crippen LogP contribution in [0.15, 0.2) is 108 Å². The minimum Gasteiger partial charge on any atom is -0.316 e. The molecule has 0 atom stereocenters. The van der Waals surface area contributed by atoms with Crippen LogP contribution in [0.3, 0.4) is 0 Å². The van der Waals surface area contributed by atoms with Gasteiger partial charge >= 0.3 is 0 Å². The van der Waals surface area contributed by atoms with Crippen LogP contribution >= 0.6 is 0 Å². The molecule has 0 unspecified atom stereocenters. The molecule has 6 aromatic rings. The van der Waals surface area contributed by atoms with E-state index in [0.717, 1.165) is 22.2 Å². The van der Waals surface area contributed by atoms with Gasteiger partial charge < -0.3 is 9.13 Å². The Morgan fingerprint density at radius 1 is 0.600 bits per heavy atom. The maximum absolute atomic E-state index is 14.0. The van der Waals surface area contributed by atoms with Gasteiger partial charge in [-0.1, -0.05) is 67.8 Å². The highest BCUT2D eigenvalue weighted by atomic mass is 16.1. The first-order valence-electron chi connectivity index (χ1n) is 11.5. The van der Waals surface area contributed by atoms with Crippen LogP contribution < -0.4 is 10.9 Å². The maximum Gasteiger partial charge on any atom is 0.197 e. The van der Waals surface area contributed by atoms with E-state index in [1.165, 1.54) is 0 Å². The number of hydrogen-bond acceptors (Lipinski definition) is 2. The van der Waals surface area contributed by atoms with Gasteiger partial charge in [0.25, 0.3) is 0 Å². The van der Waals surface area contributed by atoms with Crippen LogP contribution in [0.2, 0.25) is 0 Å². The summed E-state index contributed by atoms with van der Waals surface area (Å²) in [6.07, 6.45) is 4.03. The Morgan fingerprint density at radius 3 is 1.91 bits per heavy atom. The molecule has 4 heteroatoms. The van der Waals surface area contributed by atoms with Gasteiger partial charge in [-0.25, -0.2) is 0 Å². The highest BCUT2D eigenvalue weighted by Gasteiger charge is 2.17. The van der Waals surface area contributed by atoms with Crippen molar-refractivity contribution in [3.63, 3.8) is 0 Å².